The third-order valence-electron chi connectivity index (χ3n) is 5.63. The van der Waals surface area contributed by atoms with Crippen LogP contribution in [-0.2, 0) is 35.6 Å². The van der Waals surface area contributed by atoms with Crippen molar-refractivity contribution in [1.82, 2.24) is 8.28 Å². The minimum Gasteiger partial charge on any atom is -0.464 e. The first-order valence-corrected chi connectivity index (χ1v) is 12.3. The second kappa shape index (κ2) is 11.6. The fourth-order valence-electron chi connectivity index (χ4n) is 3.93. The van der Waals surface area contributed by atoms with Crippen molar-refractivity contribution in [2.75, 3.05) is 27.4 Å². The van der Waals surface area contributed by atoms with Crippen LogP contribution in [0.25, 0.3) is 0 Å². The standard InChI is InChI=1S/C23H32N2O6S/c1-29-23(30-2)20-14-16-24(18-20)32(27,28)25-15-8-6-13-21(25)22(26)31-17-9-7-12-19-10-4-3-5-11-19/h3-5,10-11,14,16,18,21,23H,6-9,12-13,15,17H2,1-2H3/t21-/m0/s1. The monoisotopic (exact) mass is 464 g/mol. The van der Waals surface area contributed by atoms with Gasteiger partial charge in [0.25, 0.3) is 0 Å². The SMILES string of the molecule is COC(OC)c1ccn(S(=O)(=O)N2CCCC[C@H]2C(=O)OCCCCc2ccccc2)c1. The number of piperidine rings is 1. The number of aromatic nitrogens is 1. The third kappa shape index (κ3) is 5.98. The first-order chi connectivity index (χ1) is 15.5. The number of methoxy groups -OCH3 is 2. The van der Waals surface area contributed by atoms with E-state index in [1.54, 1.807) is 6.07 Å². The lowest BCUT2D eigenvalue weighted by atomic mass is 10.1. The zero-order chi connectivity index (χ0) is 23.0. The molecule has 0 bridgehead atoms. The van der Waals surface area contributed by atoms with Gasteiger partial charge in [0.05, 0.1) is 6.61 Å². The second-order valence-corrected chi connectivity index (χ2v) is 9.60. The lowest BCUT2D eigenvalue weighted by Gasteiger charge is -2.33. The lowest BCUT2D eigenvalue weighted by Crippen LogP contribution is -2.50. The average molecular weight is 465 g/mol. The maximum atomic E-state index is 13.2. The number of hydrogen-bond acceptors (Lipinski definition) is 6. The van der Waals surface area contributed by atoms with Gasteiger partial charge in [0, 0.05) is 38.7 Å². The minimum absolute atomic E-state index is 0.279. The number of ether oxygens (including phenoxy) is 3. The Morgan fingerprint density at radius 2 is 1.84 bits per heavy atom. The highest BCUT2D eigenvalue weighted by molar-refractivity contribution is 7.87. The Kier molecular flexibility index (Phi) is 8.86. The summed E-state index contributed by atoms with van der Waals surface area (Å²) in [4.78, 5) is 12.7. The van der Waals surface area contributed by atoms with E-state index in [2.05, 4.69) is 12.1 Å². The molecule has 8 nitrogen and oxygen atoms in total. The van der Waals surface area contributed by atoms with Gasteiger partial charge >= 0.3 is 16.2 Å². The van der Waals surface area contributed by atoms with Gasteiger partial charge in [-0.2, -0.15) is 12.7 Å². The van der Waals surface area contributed by atoms with Crippen LogP contribution in [0.4, 0.5) is 0 Å². The predicted octanol–water partition coefficient (Wildman–Crippen LogP) is 3.29. The molecule has 0 amide bonds. The van der Waals surface area contributed by atoms with E-state index in [9.17, 15) is 13.2 Å². The molecule has 1 aliphatic heterocycles. The van der Waals surface area contributed by atoms with Gasteiger partial charge in [0.2, 0.25) is 0 Å². The van der Waals surface area contributed by atoms with Crippen LogP contribution in [-0.4, -0.2) is 56.1 Å². The second-order valence-electron chi connectivity index (χ2n) is 7.82. The van der Waals surface area contributed by atoms with Crippen LogP contribution in [0.5, 0.6) is 0 Å². The lowest BCUT2D eigenvalue weighted by molar-refractivity contribution is -0.149. The van der Waals surface area contributed by atoms with Gasteiger partial charge in [-0.3, -0.25) is 4.79 Å². The molecule has 1 aromatic carbocycles. The molecular formula is C23H32N2O6S. The molecule has 32 heavy (non-hydrogen) atoms. The van der Waals surface area contributed by atoms with Crippen molar-refractivity contribution >= 4 is 16.2 Å². The van der Waals surface area contributed by atoms with Gasteiger partial charge < -0.3 is 14.2 Å². The van der Waals surface area contributed by atoms with Crippen molar-refractivity contribution < 1.29 is 27.4 Å². The van der Waals surface area contributed by atoms with E-state index >= 15 is 0 Å². The molecule has 176 valence electrons. The number of hydrogen-bond donors (Lipinski definition) is 0. The Morgan fingerprint density at radius 1 is 1.09 bits per heavy atom. The fourth-order valence-corrected chi connectivity index (χ4v) is 5.51. The molecular weight excluding hydrogens is 432 g/mol. The van der Waals surface area contributed by atoms with Crippen molar-refractivity contribution in [2.24, 2.45) is 0 Å². The summed E-state index contributed by atoms with van der Waals surface area (Å²) in [5, 5.41) is 0. The maximum absolute atomic E-state index is 13.2. The number of benzene rings is 1. The normalized spacial score (nSPS) is 17.5. The molecule has 2 heterocycles. The van der Waals surface area contributed by atoms with Crippen molar-refractivity contribution in [1.29, 1.82) is 0 Å². The smallest absolute Gasteiger partial charge is 0.324 e. The molecule has 9 heteroatoms. The number of rotatable bonds is 11. The molecule has 0 aliphatic carbocycles. The summed E-state index contributed by atoms with van der Waals surface area (Å²) in [5.41, 5.74) is 1.83. The molecule has 0 saturated carbocycles. The molecule has 1 saturated heterocycles. The molecule has 0 radical (unpaired) electrons. The first kappa shape index (κ1) is 24.4. The van der Waals surface area contributed by atoms with Crippen LogP contribution < -0.4 is 0 Å². The quantitative estimate of drug-likeness (QED) is 0.288. The largest absolute Gasteiger partial charge is 0.464 e. The first-order valence-electron chi connectivity index (χ1n) is 10.9. The van der Waals surface area contributed by atoms with Gasteiger partial charge in [0.15, 0.2) is 6.29 Å². The predicted molar refractivity (Wildman–Crippen MR) is 120 cm³/mol. The summed E-state index contributed by atoms with van der Waals surface area (Å²) in [5.74, 6) is -0.480. The van der Waals surface area contributed by atoms with E-state index in [0.717, 1.165) is 29.7 Å². The van der Waals surface area contributed by atoms with Gasteiger partial charge in [-0.25, -0.2) is 3.97 Å². The highest BCUT2D eigenvalue weighted by Gasteiger charge is 2.38. The van der Waals surface area contributed by atoms with E-state index in [-0.39, 0.29) is 13.2 Å². The zero-order valence-electron chi connectivity index (χ0n) is 18.7. The summed E-state index contributed by atoms with van der Waals surface area (Å²) in [6, 6.07) is 11.0. The molecule has 0 unspecified atom stereocenters. The third-order valence-corrected chi connectivity index (χ3v) is 7.42. The number of carbonyl (C=O) groups excluding carboxylic acids is 1. The molecule has 1 aliphatic rings. The molecule has 3 rings (SSSR count). The fraction of sp³-hybridized carbons (Fsp3) is 0.522. The molecule has 1 atom stereocenters. The van der Waals surface area contributed by atoms with Gasteiger partial charge in [-0.15, -0.1) is 0 Å². The van der Waals surface area contributed by atoms with Gasteiger partial charge in [0.1, 0.15) is 6.04 Å². The Bertz CT molecular complexity index is 956. The van der Waals surface area contributed by atoms with E-state index in [4.69, 9.17) is 14.2 Å². The molecule has 0 N–H and O–H groups in total. The van der Waals surface area contributed by atoms with Crippen LogP contribution in [0, 0.1) is 0 Å². The van der Waals surface area contributed by atoms with E-state index in [1.165, 1.54) is 36.5 Å². The van der Waals surface area contributed by atoms with Crippen molar-refractivity contribution in [3.8, 4) is 0 Å². The Morgan fingerprint density at radius 3 is 2.56 bits per heavy atom. The van der Waals surface area contributed by atoms with E-state index < -0.39 is 28.5 Å². The number of nitrogens with zero attached hydrogens (tertiary/aromatic N) is 2. The van der Waals surface area contributed by atoms with Crippen LogP contribution in [0.15, 0.2) is 48.8 Å². The number of carbonyl (C=O) groups is 1. The summed E-state index contributed by atoms with van der Waals surface area (Å²) in [6.45, 7) is 0.564. The summed E-state index contributed by atoms with van der Waals surface area (Å²) in [7, 11) is -0.953. The highest BCUT2D eigenvalue weighted by atomic mass is 32.2. The molecule has 1 aromatic heterocycles. The van der Waals surface area contributed by atoms with Crippen LogP contribution in [0.1, 0.15) is 49.5 Å². The highest BCUT2D eigenvalue weighted by Crippen LogP contribution is 2.25. The van der Waals surface area contributed by atoms with E-state index in [0.29, 0.717) is 18.4 Å². The van der Waals surface area contributed by atoms with E-state index in [1.807, 2.05) is 18.2 Å². The summed E-state index contributed by atoms with van der Waals surface area (Å²) >= 11 is 0. The topological polar surface area (TPSA) is 87.1 Å². The Labute approximate surface area is 190 Å². The van der Waals surface area contributed by atoms with Gasteiger partial charge in [-0.1, -0.05) is 30.3 Å². The molecule has 0 spiro atoms. The molecule has 1 fully saturated rings. The minimum atomic E-state index is -3.92. The van der Waals surface area contributed by atoms with Gasteiger partial charge in [-0.05, 0) is 50.2 Å². The maximum Gasteiger partial charge on any atom is 0.324 e. The average Bonchev–Trinajstić information content (AvgIpc) is 3.31. The summed E-state index contributed by atoms with van der Waals surface area (Å²) < 4.78 is 44.7. The zero-order valence-corrected chi connectivity index (χ0v) is 19.5. The molecule has 2 aromatic rings. The van der Waals surface area contributed by atoms with Crippen molar-refractivity contribution in [3.05, 3.63) is 59.9 Å². The van der Waals surface area contributed by atoms with Crippen molar-refractivity contribution in [3.63, 3.8) is 0 Å². The Hall–Kier alpha value is -2.20. The summed E-state index contributed by atoms with van der Waals surface area (Å²) in [6.07, 6.45) is 6.72. The van der Waals surface area contributed by atoms with Crippen LogP contribution in [0.2, 0.25) is 0 Å². The van der Waals surface area contributed by atoms with Crippen LogP contribution in [0.3, 0.4) is 0 Å². The van der Waals surface area contributed by atoms with Crippen LogP contribution >= 0.6 is 0 Å². The number of unbranched alkanes of at least 4 members (excludes halogenated alkanes) is 1. The van der Waals surface area contributed by atoms with Crippen molar-refractivity contribution in [2.45, 2.75) is 50.9 Å². The number of aryl methyl sites for hydroxylation is 1. The Balaban J connectivity index is 1.58. The number of esters is 1.